The van der Waals surface area contributed by atoms with Gasteiger partial charge in [0.1, 0.15) is 0 Å². The molecule has 1 atom stereocenters. The van der Waals surface area contributed by atoms with Crippen LogP contribution in [0.2, 0.25) is 15.1 Å². The third kappa shape index (κ3) is 3.61. The van der Waals surface area contributed by atoms with Crippen LogP contribution in [-0.4, -0.2) is 15.7 Å². The molecule has 0 amide bonds. The highest BCUT2D eigenvalue weighted by Crippen LogP contribution is 2.28. The highest BCUT2D eigenvalue weighted by atomic mass is 35.5. The molecule has 20 heavy (non-hydrogen) atoms. The van der Waals surface area contributed by atoms with E-state index < -0.39 is 10.8 Å². The van der Waals surface area contributed by atoms with E-state index in [-0.39, 0.29) is 26.5 Å². The Hall–Kier alpha value is -0.870. The van der Waals surface area contributed by atoms with E-state index >= 15 is 0 Å². The predicted octanol–water partition coefficient (Wildman–Crippen LogP) is 4.64. The second-order valence-corrected chi connectivity index (χ2v) is 6.61. The SMILES string of the molecule is O=C(CS(=O)c1c(Cl)cccc1Cl)c1cccc(Cl)c1. The van der Waals surface area contributed by atoms with E-state index in [2.05, 4.69) is 0 Å². The Bertz CT molecular complexity index is 666. The summed E-state index contributed by atoms with van der Waals surface area (Å²) >= 11 is 17.8. The number of halogens is 3. The Balaban J connectivity index is 2.22. The number of hydrogen-bond donors (Lipinski definition) is 0. The van der Waals surface area contributed by atoms with Crippen molar-refractivity contribution in [1.82, 2.24) is 0 Å². The quantitative estimate of drug-likeness (QED) is 0.755. The van der Waals surface area contributed by atoms with Crippen molar-refractivity contribution in [3.63, 3.8) is 0 Å². The normalized spacial score (nSPS) is 12.2. The van der Waals surface area contributed by atoms with Crippen LogP contribution < -0.4 is 0 Å². The second-order valence-electron chi connectivity index (χ2n) is 3.97. The van der Waals surface area contributed by atoms with Gasteiger partial charge >= 0.3 is 0 Å². The van der Waals surface area contributed by atoms with Gasteiger partial charge < -0.3 is 0 Å². The average molecular weight is 348 g/mol. The fourth-order valence-electron chi connectivity index (χ4n) is 1.64. The van der Waals surface area contributed by atoms with Crippen LogP contribution in [0.4, 0.5) is 0 Å². The van der Waals surface area contributed by atoms with Gasteiger partial charge in [-0.2, -0.15) is 0 Å². The van der Waals surface area contributed by atoms with E-state index in [1.54, 1.807) is 36.4 Å². The van der Waals surface area contributed by atoms with Gasteiger partial charge in [0.05, 0.1) is 31.5 Å². The van der Waals surface area contributed by atoms with E-state index in [0.717, 1.165) is 0 Å². The number of Topliss-reactive ketones (excluding diaryl/α,β-unsaturated/α-hetero) is 1. The summed E-state index contributed by atoms with van der Waals surface area (Å²) in [7, 11) is -1.60. The van der Waals surface area contributed by atoms with Gasteiger partial charge in [0.2, 0.25) is 0 Å². The molecule has 0 N–H and O–H groups in total. The molecule has 0 bridgehead atoms. The first kappa shape index (κ1) is 15.5. The number of benzene rings is 2. The molecule has 1 unspecified atom stereocenters. The average Bonchev–Trinajstić information content (AvgIpc) is 2.38. The van der Waals surface area contributed by atoms with Crippen LogP contribution >= 0.6 is 34.8 Å². The van der Waals surface area contributed by atoms with Gasteiger partial charge in [-0.05, 0) is 24.3 Å². The van der Waals surface area contributed by atoms with Crippen LogP contribution in [0.25, 0.3) is 0 Å². The molecule has 0 fully saturated rings. The van der Waals surface area contributed by atoms with Crippen LogP contribution in [0, 0.1) is 0 Å². The summed E-state index contributed by atoms with van der Waals surface area (Å²) in [4.78, 5) is 12.3. The minimum Gasteiger partial charge on any atom is -0.293 e. The molecule has 2 aromatic rings. The van der Waals surface area contributed by atoms with Gasteiger partial charge in [-0.3, -0.25) is 9.00 Å². The lowest BCUT2D eigenvalue weighted by Gasteiger charge is -2.06. The van der Waals surface area contributed by atoms with Crippen molar-refractivity contribution in [1.29, 1.82) is 0 Å². The fourth-order valence-corrected chi connectivity index (χ4v) is 3.86. The predicted molar refractivity (Wildman–Crippen MR) is 83.5 cm³/mol. The Morgan fingerprint density at radius 3 is 2.20 bits per heavy atom. The molecular formula is C14H9Cl3O2S. The summed E-state index contributed by atoms with van der Waals surface area (Å²) in [6, 6.07) is 11.3. The molecule has 0 aliphatic rings. The molecule has 2 aromatic carbocycles. The first-order valence-electron chi connectivity index (χ1n) is 5.60. The van der Waals surface area contributed by atoms with Gasteiger partial charge in [-0.15, -0.1) is 0 Å². The molecule has 6 heteroatoms. The zero-order valence-corrected chi connectivity index (χ0v) is 13.2. The fraction of sp³-hybridized carbons (Fsp3) is 0.0714. The minimum atomic E-state index is -1.60. The largest absolute Gasteiger partial charge is 0.293 e. The lowest BCUT2D eigenvalue weighted by Crippen LogP contribution is -2.11. The Labute approximate surface area is 134 Å². The molecule has 0 radical (unpaired) electrons. The van der Waals surface area contributed by atoms with Gasteiger partial charge in [0, 0.05) is 10.6 Å². The summed E-state index contributed by atoms with van der Waals surface area (Å²) in [5.74, 6) is -0.467. The van der Waals surface area contributed by atoms with E-state index in [1.807, 2.05) is 0 Å². The summed E-state index contributed by atoms with van der Waals surface area (Å²) in [5.41, 5.74) is 0.411. The third-order valence-corrected chi connectivity index (χ3v) is 5.06. The summed E-state index contributed by atoms with van der Waals surface area (Å²) in [5, 5.41) is 1.03. The molecule has 0 saturated heterocycles. The van der Waals surface area contributed by atoms with E-state index in [0.29, 0.717) is 10.6 Å². The first-order valence-corrected chi connectivity index (χ1v) is 8.05. The van der Waals surface area contributed by atoms with Crippen LogP contribution in [0.3, 0.4) is 0 Å². The number of carbonyl (C=O) groups is 1. The van der Waals surface area contributed by atoms with Crippen LogP contribution in [-0.2, 0) is 10.8 Å². The van der Waals surface area contributed by atoms with Crippen molar-refractivity contribution in [2.75, 3.05) is 5.75 Å². The summed E-state index contributed by atoms with van der Waals surface area (Å²) in [6.07, 6.45) is 0. The lowest BCUT2D eigenvalue weighted by atomic mass is 10.1. The van der Waals surface area contributed by atoms with Crippen molar-refractivity contribution in [3.8, 4) is 0 Å². The maximum Gasteiger partial charge on any atom is 0.175 e. The maximum absolute atomic E-state index is 12.2. The highest BCUT2D eigenvalue weighted by Gasteiger charge is 2.17. The standard InChI is InChI=1S/C14H9Cl3O2S/c15-10-4-1-3-9(7-10)13(18)8-20(19)14-11(16)5-2-6-12(14)17/h1-7H,8H2. The van der Waals surface area contributed by atoms with E-state index in [4.69, 9.17) is 34.8 Å². The molecule has 0 spiro atoms. The number of carbonyl (C=O) groups excluding carboxylic acids is 1. The Kier molecular flexibility index (Phi) is 5.22. The van der Waals surface area contributed by atoms with Crippen LogP contribution in [0.5, 0.6) is 0 Å². The van der Waals surface area contributed by atoms with Crippen molar-refractivity contribution >= 4 is 51.4 Å². The maximum atomic E-state index is 12.2. The summed E-state index contributed by atoms with van der Waals surface area (Å²) < 4.78 is 12.2. The molecule has 0 aliphatic carbocycles. The lowest BCUT2D eigenvalue weighted by molar-refractivity contribution is 0.102. The molecule has 2 nitrogen and oxygen atoms in total. The number of ketones is 1. The molecule has 2 rings (SSSR count). The van der Waals surface area contributed by atoms with Gasteiger partial charge in [-0.25, -0.2) is 0 Å². The first-order chi connectivity index (χ1) is 9.49. The molecule has 104 valence electrons. The minimum absolute atomic E-state index is 0.191. The molecular weight excluding hydrogens is 339 g/mol. The zero-order chi connectivity index (χ0) is 14.7. The van der Waals surface area contributed by atoms with E-state index in [1.165, 1.54) is 6.07 Å². The topological polar surface area (TPSA) is 34.1 Å². The van der Waals surface area contributed by atoms with Crippen molar-refractivity contribution < 1.29 is 9.00 Å². The summed E-state index contributed by atoms with van der Waals surface area (Å²) in [6.45, 7) is 0. The van der Waals surface area contributed by atoms with Crippen LogP contribution in [0.1, 0.15) is 10.4 Å². The third-order valence-electron chi connectivity index (χ3n) is 2.56. The molecule has 0 aromatic heterocycles. The number of hydrogen-bond acceptors (Lipinski definition) is 2. The van der Waals surface area contributed by atoms with Crippen molar-refractivity contribution in [2.45, 2.75) is 4.90 Å². The molecule has 0 heterocycles. The van der Waals surface area contributed by atoms with Gasteiger partial charge in [-0.1, -0.05) is 53.0 Å². The second kappa shape index (κ2) is 6.72. The molecule has 0 saturated carbocycles. The Morgan fingerprint density at radius 1 is 1.00 bits per heavy atom. The van der Waals surface area contributed by atoms with Crippen molar-refractivity contribution in [2.24, 2.45) is 0 Å². The van der Waals surface area contributed by atoms with Crippen LogP contribution in [0.15, 0.2) is 47.4 Å². The monoisotopic (exact) mass is 346 g/mol. The smallest absolute Gasteiger partial charge is 0.175 e. The zero-order valence-electron chi connectivity index (χ0n) is 10.1. The van der Waals surface area contributed by atoms with Gasteiger partial charge in [0.25, 0.3) is 0 Å². The van der Waals surface area contributed by atoms with Gasteiger partial charge in [0.15, 0.2) is 5.78 Å². The van der Waals surface area contributed by atoms with E-state index in [9.17, 15) is 9.00 Å². The molecule has 0 aliphatic heterocycles. The van der Waals surface area contributed by atoms with Crippen molar-refractivity contribution in [3.05, 3.63) is 63.1 Å². The highest BCUT2D eigenvalue weighted by molar-refractivity contribution is 7.86. The Morgan fingerprint density at radius 2 is 1.60 bits per heavy atom. The number of rotatable bonds is 4.